The minimum Gasteiger partial charge on any atom is -0.456 e. The maximum Gasteiger partial charge on any atom is 0.306 e. The van der Waals surface area contributed by atoms with Crippen molar-refractivity contribution in [3.8, 4) is 0 Å². The number of nitrogens with zero attached hydrogens (tertiary/aromatic N) is 2. The number of esters is 1. The topological polar surface area (TPSA) is 101 Å². The Kier molecular flexibility index (Phi) is 8.46. The Balaban J connectivity index is 1.44. The van der Waals surface area contributed by atoms with Gasteiger partial charge in [-0.1, -0.05) is 29.3 Å². The average Bonchev–Trinajstić information content (AvgIpc) is 2.81. The van der Waals surface area contributed by atoms with E-state index in [0.717, 1.165) is 5.56 Å². The first-order chi connectivity index (χ1) is 16.1. The fraction of sp³-hybridized carbons (Fsp3) is 0.375. The number of carbonyl (C=O) groups excluding carboxylic acids is 3. The molecule has 10 heteroatoms. The van der Waals surface area contributed by atoms with Crippen molar-refractivity contribution in [2.45, 2.75) is 31.6 Å². The summed E-state index contributed by atoms with van der Waals surface area (Å²) in [6, 6.07) is 11.5. The second-order valence-electron chi connectivity index (χ2n) is 8.14. The molecule has 0 saturated carbocycles. The minimum atomic E-state index is -3.65. The molecule has 2 aromatic rings. The fourth-order valence-electron chi connectivity index (χ4n) is 3.71. The van der Waals surface area contributed by atoms with Gasteiger partial charge in [0.1, 0.15) is 0 Å². The number of benzene rings is 2. The molecule has 0 aromatic heterocycles. The van der Waals surface area contributed by atoms with Crippen molar-refractivity contribution >= 4 is 39.3 Å². The van der Waals surface area contributed by atoms with Crippen LogP contribution in [-0.4, -0.2) is 68.1 Å². The Morgan fingerprint density at radius 1 is 0.941 bits per heavy atom. The van der Waals surface area contributed by atoms with Crippen LogP contribution in [-0.2, 0) is 24.3 Å². The van der Waals surface area contributed by atoms with Gasteiger partial charge in [0.15, 0.2) is 12.4 Å². The standard InChI is InChI=1S/C24H27ClN2O6S/c1-17-3-9-22(18(2)15-17)34(31,32)27-13-11-26(12-14-27)23(29)16-33-24(30)10-8-21(28)19-4-6-20(25)7-5-19/h3-7,9,15H,8,10-14,16H2,1-2H3. The van der Waals surface area contributed by atoms with E-state index in [2.05, 4.69) is 0 Å². The van der Waals surface area contributed by atoms with Crippen molar-refractivity contribution in [2.24, 2.45) is 0 Å². The molecule has 0 atom stereocenters. The summed E-state index contributed by atoms with van der Waals surface area (Å²) in [5.74, 6) is -1.27. The number of hydrogen-bond acceptors (Lipinski definition) is 6. The summed E-state index contributed by atoms with van der Waals surface area (Å²) in [6.07, 6.45) is -0.180. The molecule has 0 radical (unpaired) electrons. The van der Waals surface area contributed by atoms with Crippen LogP contribution in [0.2, 0.25) is 5.02 Å². The third kappa shape index (κ3) is 6.43. The third-order valence-corrected chi connectivity index (χ3v) is 7.93. The van der Waals surface area contributed by atoms with Crippen LogP contribution in [0.1, 0.15) is 34.3 Å². The van der Waals surface area contributed by atoms with Crippen LogP contribution in [0.5, 0.6) is 0 Å². The summed E-state index contributed by atoms with van der Waals surface area (Å²) in [5.41, 5.74) is 2.11. The second kappa shape index (κ2) is 11.1. The van der Waals surface area contributed by atoms with Gasteiger partial charge < -0.3 is 9.64 Å². The highest BCUT2D eigenvalue weighted by Crippen LogP contribution is 2.22. The number of Topliss-reactive ketones (excluding diaryl/α,β-unsaturated/α-hetero) is 1. The Bertz CT molecular complexity index is 1170. The molecule has 3 rings (SSSR count). The molecule has 182 valence electrons. The lowest BCUT2D eigenvalue weighted by atomic mass is 10.1. The van der Waals surface area contributed by atoms with E-state index in [1.54, 1.807) is 43.3 Å². The molecule has 1 aliphatic rings. The van der Waals surface area contributed by atoms with Crippen molar-refractivity contribution in [1.29, 1.82) is 0 Å². The van der Waals surface area contributed by atoms with Crippen molar-refractivity contribution in [1.82, 2.24) is 9.21 Å². The van der Waals surface area contributed by atoms with Crippen molar-refractivity contribution in [3.63, 3.8) is 0 Å². The van der Waals surface area contributed by atoms with Gasteiger partial charge in [-0.05, 0) is 49.7 Å². The summed E-state index contributed by atoms with van der Waals surface area (Å²) in [4.78, 5) is 38.2. The smallest absolute Gasteiger partial charge is 0.306 e. The van der Waals surface area contributed by atoms with Crippen LogP contribution in [0, 0.1) is 13.8 Å². The number of amides is 1. The molecule has 1 saturated heterocycles. The average molecular weight is 507 g/mol. The van der Waals surface area contributed by atoms with Crippen LogP contribution >= 0.6 is 11.6 Å². The largest absolute Gasteiger partial charge is 0.456 e. The highest BCUT2D eigenvalue weighted by Gasteiger charge is 2.31. The minimum absolute atomic E-state index is 0.0381. The zero-order valence-corrected chi connectivity index (χ0v) is 20.7. The molecule has 1 aliphatic heterocycles. The summed E-state index contributed by atoms with van der Waals surface area (Å²) in [7, 11) is -3.65. The number of sulfonamides is 1. The molecule has 34 heavy (non-hydrogen) atoms. The number of halogens is 1. The first-order valence-corrected chi connectivity index (χ1v) is 12.7. The molecule has 0 spiro atoms. The quantitative estimate of drug-likeness (QED) is 0.403. The molecule has 2 aromatic carbocycles. The van der Waals surface area contributed by atoms with E-state index < -0.39 is 28.5 Å². The summed E-state index contributed by atoms with van der Waals surface area (Å²) >= 11 is 5.79. The van der Waals surface area contributed by atoms with Crippen LogP contribution < -0.4 is 0 Å². The first kappa shape index (κ1) is 25.9. The van der Waals surface area contributed by atoms with E-state index in [4.69, 9.17) is 16.3 Å². The molecular weight excluding hydrogens is 480 g/mol. The van der Waals surface area contributed by atoms with Crippen LogP contribution in [0.15, 0.2) is 47.4 Å². The van der Waals surface area contributed by atoms with Crippen molar-refractivity contribution in [3.05, 3.63) is 64.2 Å². The number of aryl methyl sites for hydroxylation is 2. The fourth-order valence-corrected chi connectivity index (χ4v) is 5.46. The molecule has 1 heterocycles. The predicted octanol–water partition coefficient (Wildman–Crippen LogP) is 3.00. The second-order valence-corrected chi connectivity index (χ2v) is 10.5. The van der Waals surface area contributed by atoms with Crippen LogP contribution in [0.4, 0.5) is 0 Å². The number of ketones is 1. The van der Waals surface area contributed by atoms with Gasteiger partial charge in [0.25, 0.3) is 5.91 Å². The highest BCUT2D eigenvalue weighted by atomic mass is 35.5. The van der Waals surface area contributed by atoms with E-state index in [-0.39, 0.29) is 49.7 Å². The highest BCUT2D eigenvalue weighted by molar-refractivity contribution is 7.89. The van der Waals surface area contributed by atoms with Gasteiger partial charge in [0.2, 0.25) is 10.0 Å². The predicted molar refractivity (Wildman–Crippen MR) is 127 cm³/mol. The Hall–Kier alpha value is -2.75. The third-order valence-electron chi connectivity index (χ3n) is 5.62. The number of piperazine rings is 1. The van der Waals surface area contributed by atoms with Gasteiger partial charge in [-0.25, -0.2) is 8.42 Å². The van der Waals surface area contributed by atoms with Gasteiger partial charge in [0.05, 0.1) is 11.3 Å². The van der Waals surface area contributed by atoms with Gasteiger partial charge in [-0.15, -0.1) is 0 Å². The first-order valence-electron chi connectivity index (χ1n) is 10.9. The molecule has 1 amide bonds. The SMILES string of the molecule is Cc1ccc(S(=O)(=O)N2CCN(C(=O)COC(=O)CCC(=O)c3ccc(Cl)cc3)CC2)c(C)c1. The van der Waals surface area contributed by atoms with Gasteiger partial charge in [-0.3, -0.25) is 14.4 Å². The maximum atomic E-state index is 13.0. The number of ether oxygens (including phenoxy) is 1. The molecule has 0 aliphatic carbocycles. The summed E-state index contributed by atoms with van der Waals surface area (Å²) in [5, 5.41) is 0.512. The number of rotatable bonds is 8. The van der Waals surface area contributed by atoms with Crippen molar-refractivity contribution in [2.75, 3.05) is 32.8 Å². The zero-order chi connectivity index (χ0) is 24.9. The van der Waals surface area contributed by atoms with E-state index in [1.807, 2.05) is 13.0 Å². The molecule has 0 bridgehead atoms. The Morgan fingerprint density at radius 2 is 1.59 bits per heavy atom. The lowest BCUT2D eigenvalue weighted by Crippen LogP contribution is -2.51. The van der Waals surface area contributed by atoms with E-state index in [9.17, 15) is 22.8 Å². The Morgan fingerprint density at radius 3 is 2.21 bits per heavy atom. The van der Waals surface area contributed by atoms with Gasteiger partial charge in [-0.2, -0.15) is 4.31 Å². The zero-order valence-electron chi connectivity index (χ0n) is 19.1. The van der Waals surface area contributed by atoms with Crippen molar-refractivity contribution < 1.29 is 27.5 Å². The molecule has 1 fully saturated rings. The maximum absolute atomic E-state index is 13.0. The van der Waals surface area contributed by atoms with Crippen LogP contribution in [0.3, 0.4) is 0 Å². The van der Waals surface area contributed by atoms with E-state index in [1.165, 1.54) is 9.21 Å². The molecule has 0 unspecified atom stereocenters. The van der Waals surface area contributed by atoms with Gasteiger partial charge in [0, 0.05) is 43.2 Å². The van der Waals surface area contributed by atoms with Crippen LogP contribution in [0.25, 0.3) is 0 Å². The lowest BCUT2D eigenvalue weighted by Gasteiger charge is -2.34. The summed E-state index contributed by atoms with van der Waals surface area (Å²) in [6.45, 7) is 3.94. The Labute approximate surface area is 204 Å². The summed E-state index contributed by atoms with van der Waals surface area (Å²) < 4.78 is 32.3. The normalized spacial score (nSPS) is 14.6. The van der Waals surface area contributed by atoms with E-state index >= 15 is 0 Å². The van der Waals surface area contributed by atoms with E-state index in [0.29, 0.717) is 16.1 Å². The lowest BCUT2D eigenvalue weighted by molar-refractivity contribution is -0.152. The van der Waals surface area contributed by atoms with Gasteiger partial charge >= 0.3 is 5.97 Å². The molecule has 8 nitrogen and oxygen atoms in total. The number of carbonyl (C=O) groups is 3. The molecular formula is C24H27ClN2O6S. The monoisotopic (exact) mass is 506 g/mol. The molecule has 0 N–H and O–H groups in total. The number of hydrogen-bond donors (Lipinski definition) is 0.